The predicted octanol–water partition coefficient (Wildman–Crippen LogP) is 15.9. The van der Waals surface area contributed by atoms with E-state index in [-0.39, 0.29) is 37.3 Å². The zero-order chi connectivity index (χ0) is 45.5. The second-order valence-electron chi connectivity index (χ2n) is 19.9. The summed E-state index contributed by atoms with van der Waals surface area (Å²) in [6, 6.07) is 45.7. The molecule has 0 fully saturated rings. The molecule has 336 valence electrons. The van der Waals surface area contributed by atoms with Crippen LogP contribution in [0, 0.1) is 25.7 Å². The second-order valence-corrected chi connectivity index (χ2v) is 19.9. The van der Waals surface area contributed by atoms with Crippen molar-refractivity contribution in [1.29, 1.82) is 0 Å². The molecule has 0 unspecified atom stereocenters. The standard InChI is InChI=1S/C56H52F3N4O.Pt/c1-35-26-52(60-33-47(35)36-18-20-37(21-19-36)53(2,3)4)63-50-30-38(56(57,58)59)22-24-45(50)46-25-23-44(32-51(46)63)64-43-15-13-14-41(31-43)61-34-62(49-17-12-11-16-48(49)61)42-28-39(54(5,6)7)27-40(29-42)55(8,9)10;/h11-30,33-34H,1-10H3;/q-3;. The third-order valence-corrected chi connectivity index (χ3v) is 12.2. The Bertz CT molecular complexity index is 3040. The minimum Gasteiger partial charge on any atom is -0.509 e. The molecule has 9 heteroatoms. The number of para-hydroxylation sites is 2. The predicted molar refractivity (Wildman–Crippen MR) is 256 cm³/mol. The van der Waals surface area contributed by atoms with Gasteiger partial charge in [-0.2, -0.15) is 25.3 Å². The molecule has 0 amide bonds. The van der Waals surface area contributed by atoms with Gasteiger partial charge < -0.3 is 19.1 Å². The van der Waals surface area contributed by atoms with E-state index in [9.17, 15) is 13.2 Å². The van der Waals surface area contributed by atoms with Crippen molar-refractivity contribution in [3.05, 3.63) is 174 Å². The van der Waals surface area contributed by atoms with Crippen LogP contribution in [-0.2, 0) is 43.5 Å². The van der Waals surface area contributed by atoms with Crippen molar-refractivity contribution < 1.29 is 39.0 Å². The molecule has 9 rings (SSSR count). The van der Waals surface area contributed by atoms with Crippen LogP contribution in [0.5, 0.6) is 11.5 Å². The summed E-state index contributed by atoms with van der Waals surface area (Å²) in [4.78, 5) is 9.22. The maximum absolute atomic E-state index is 14.2. The Labute approximate surface area is 395 Å². The summed E-state index contributed by atoms with van der Waals surface area (Å²) in [5, 5.41) is 1.37. The number of alkyl halides is 3. The Morgan fingerprint density at radius 1 is 0.585 bits per heavy atom. The topological polar surface area (TPSA) is 33.5 Å². The van der Waals surface area contributed by atoms with Crippen molar-refractivity contribution in [2.75, 3.05) is 9.80 Å². The molecule has 0 N–H and O–H groups in total. The fraction of sp³-hybridized carbons (Fsp3) is 0.250. The third-order valence-electron chi connectivity index (χ3n) is 12.2. The third kappa shape index (κ3) is 8.82. The summed E-state index contributed by atoms with van der Waals surface area (Å²) in [7, 11) is 0. The van der Waals surface area contributed by atoms with E-state index >= 15 is 0 Å². The number of ether oxygens (including phenoxy) is 1. The van der Waals surface area contributed by atoms with Gasteiger partial charge in [0.25, 0.3) is 0 Å². The van der Waals surface area contributed by atoms with Crippen LogP contribution in [0.4, 0.5) is 35.9 Å². The number of fused-ring (bicyclic) bond motifs is 4. The molecule has 8 aromatic rings. The van der Waals surface area contributed by atoms with Crippen LogP contribution in [-0.4, -0.2) is 9.55 Å². The number of pyridine rings is 1. The molecule has 5 nitrogen and oxygen atoms in total. The van der Waals surface area contributed by atoms with Crippen molar-refractivity contribution in [3.8, 4) is 28.4 Å². The molecule has 1 aliphatic rings. The summed E-state index contributed by atoms with van der Waals surface area (Å²) >= 11 is 0. The summed E-state index contributed by atoms with van der Waals surface area (Å²) in [5.74, 6) is 1.32. The molecule has 6 aromatic carbocycles. The molecule has 0 bridgehead atoms. The van der Waals surface area contributed by atoms with Gasteiger partial charge in [0, 0.05) is 66.9 Å². The Morgan fingerprint density at radius 2 is 1.18 bits per heavy atom. The van der Waals surface area contributed by atoms with Gasteiger partial charge >= 0.3 is 6.18 Å². The number of hydrogen-bond donors (Lipinski definition) is 0. The smallest absolute Gasteiger partial charge is 0.416 e. The molecular formula is C56H52F3N4OPt-3. The van der Waals surface area contributed by atoms with Gasteiger partial charge in [-0.1, -0.05) is 122 Å². The Morgan fingerprint density at radius 3 is 1.80 bits per heavy atom. The van der Waals surface area contributed by atoms with Gasteiger partial charge in [0.2, 0.25) is 0 Å². The van der Waals surface area contributed by atoms with Gasteiger partial charge in [0.05, 0.1) is 5.56 Å². The maximum Gasteiger partial charge on any atom is 0.416 e. The molecule has 0 saturated carbocycles. The van der Waals surface area contributed by atoms with Gasteiger partial charge in [-0.05, 0) is 92.8 Å². The number of aryl methyl sites for hydroxylation is 1. The van der Waals surface area contributed by atoms with E-state index < -0.39 is 11.7 Å². The van der Waals surface area contributed by atoms with E-state index in [4.69, 9.17) is 9.72 Å². The zero-order valence-corrected chi connectivity index (χ0v) is 40.6. The number of nitrogens with zero attached hydrogens (tertiary/aromatic N) is 4. The van der Waals surface area contributed by atoms with Gasteiger partial charge in [-0.15, -0.1) is 48.1 Å². The first-order chi connectivity index (χ1) is 30.1. The van der Waals surface area contributed by atoms with Crippen molar-refractivity contribution in [1.82, 2.24) is 9.55 Å². The van der Waals surface area contributed by atoms with Gasteiger partial charge in [-0.3, -0.25) is 0 Å². The fourth-order valence-electron chi connectivity index (χ4n) is 8.39. The van der Waals surface area contributed by atoms with Crippen LogP contribution < -0.4 is 14.5 Å². The molecule has 0 atom stereocenters. The largest absolute Gasteiger partial charge is 0.509 e. The minimum atomic E-state index is -4.53. The van der Waals surface area contributed by atoms with Crippen LogP contribution in [0.2, 0.25) is 0 Å². The second kappa shape index (κ2) is 16.5. The first-order valence-corrected chi connectivity index (χ1v) is 21.7. The average Bonchev–Trinajstić information content (AvgIpc) is 3.78. The minimum absolute atomic E-state index is 0. The quantitative estimate of drug-likeness (QED) is 0.155. The van der Waals surface area contributed by atoms with E-state index in [1.807, 2.05) is 43.3 Å². The summed E-state index contributed by atoms with van der Waals surface area (Å²) in [6.07, 6.45) is -2.74. The van der Waals surface area contributed by atoms with Crippen LogP contribution in [0.1, 0.15) is 90.1 Å². The first kappa shape index (κ1) is 45.7. The van der Waals surface area contributed by atoms with Crippen molar-refractivity contribution >= 4 is 44.6 Å². The maximum atomic E-state index is 14.2. The number of aromatic nitrogens is 2. The van der Waals surface area contributed by atoms with Crippen molar-refractivity contribution in [2.24, 2.45) is 0 Å². The van der Waals surface area contributed by atoms with Crippen LogP contribution in [0.15, 0.2) is 128 Å². The van der Waals surface area contributed by atoms with Crippen molar-refractivity contribution in [2.45, 2.75) is 91.7 Å². The SMILES string of the molecule is Cc1cc(-n2c3[c-]c(Oc4[c-]c(N5[CH-]N(c6cc(C(C)(C)C)cc(C(C)(C)C)c6)c6ccccc65)ccc4)ccc3c3ccc(C(F)(F)F)cc32)ncc1-c1ccc(C(C)(C)C)cc1.[Pt]. The van der Waals surface area contributed by atoms with Crippen LogP contribution in [0.3, 0.4) is 0 Å². The molecular weight excluding hydrogens is 997 g/mol. The normalized spacial score (nSPS) is 13.4. The van der Waals surface area contributed by atoms with E-state index in [1.165, 1.54) is 28.8 Å². The zero-order valence-electron chi connectivity index (χ0n) is 38.3. The van der Waals surface area contributed by atoms with Gasteiger partial charge in [0.15, 0.2) is 0 Å². The molecule has 0 saturated heterocycles. The first-order valence-electron chi connectivity index (χ1n) is 21.7. The molecule has 2 aromatic heterocycles. The number of anilines is 4. The molecule has 0 aliphatic carbocycles. The van der Waals surface area contributed by atoms with E-state index in [0.29, 0.717) is 33.7 Å². The summed E-state index contributed by atoms with van der Waals surface area (Å²) in [5.41, 5.74) is 10.6. The van der Waals surface area contributed by atoms with Crippen LogP contribution >= 0.6 is 0 Å². The fourth-order valence-corrected chi connectivity index (χ4v) is 8.39. The van der Waals surface area contributed by atoms with Crippen molar-refractivity contribution in [3.63, 3.8) is 0 Å². The Hall–Kier alpha value is -5.85. The number of benzene rings is 6. The molecule has 3 heterocycles. The van der Waals surface area contributed by atoms with E-state index in [1.54, 1.807) is 16.8 Å². The monoisotopic (exact) mass is 1050 g/mol. The molecule has 0 spiro atoms. The van der Waals surface area contributed by atoms with Gasteiger partial charge in [-0.25, -0.2) is 4.98 Å². The summed E-state index contributed by atoms with van der Waals surface area (Å²) < 4.78 is 50.9. The number of halogens is 3. The molecule has 0 radical (unpaired) electrons. The Balaban J connectivity index is 0.00000576. The van der Waals surface area contributed by atoms with E-state index in [2.05, 4.69) is 152 Å². The number of hydrogen-bond acceptors (Lipinski definition) is 4. The molecule has 1 aliphatic heterocycles. The van der Waals surface area contributed by atoms with Crippen LogP contribution in [0.25, 0.3) is 38.8 Å². The Kier molecular flexibility index (Phi) is 11.6. The summed E-state index contributed by atoms with van der Waals surface area (Å²) in [6.45, 7) is 24.1. The van der Waals surface area contributed by atoms with Gasteiger partial charge in [0.1, 0.15) is 5.82 Å². The number of rotatable bonds is 6. The average molecular weight is 1050 g/mol. The molecule has 65 heavy (non-hydrogen) atoms. The van der Waals surface area contributed by atoms with E-state index in [0.717, 1.165) is 50.9 Å².